The molecule has 270 valence electrons. The molecule has 0 aromatic heterocycles. The van der Waals surface area contributed by atoms with Gasteiger partial charge in [-0.2, -0.15) is 0 Å². The van der Waals surface area contributed by atoms with Gasteiger partial charge in [0, 0.05) is 36.3 Å². The van der Waals surface area contributed by atoms with Crippen LogP contribution in [0.15, 0.2) is 133 Å². The van der Waals surface area contributed by atoms with Crippen LogP contribution in [0.2, 0.25) is 0 Å². The molecule has 0 unspecified atom stereocenters. The Morgan fingerprint density at radius 1 is 0.788 bits per heavy atom. The van der Waals surface area contributed by atoms with E-state index in [4.69, 9.17) is 14.2 Å². The summed E-state index contributed by atoms with van der Waals surface area (Å²) in [7, 11) is 2.01. The van der Waals surface area contributed by atoms with E-state index in [-0.39, 0.29) is 36.8 Å². The summed E-state index contributed by atoms with van der Waals surface area (Å²) in [6.45, 7) is 5.04. The van der Waals surface area contributed by atoms with Crippen molar-refractivity contribution < 1.29 is 29.2 Å². The van der Waals surface area contributed by atoms with Gasteiger partial charge in [0.15, 0.2) is 6.29 Å². The van der Waals surface area contributed by atoms with Crippen molar-refractivity contribution in [3.63, 3.8) is 0 Å². The third kappa shape index (κ3) is 9.44. The first-order valence-electron chi connectivity index (χ1n) is 17.7. The van der Waals surface area contributed by atoms with Crippen LogP contribution in [0.1, 0.15) is 60.2 Å². The molecule has 1 heterocycles. The van der Waals surface area contributed by atoms with Gasteiger partial charge in [-0.15, -0.1) is 0 Å². The second kappa shape index (κ2) is 17.5. The van der Waals surface area contributed by atoms with Gasteiger partial charge in [0.2, 0.25) is 0 Å². The first kappa shape index (κ1) is 36.8. The Morgan fingerprint density at radius 3 is 2.04 bits per heavy atom. The number of amides is 2. The Balaban J connectivity index is 1.09. The minimum Gasteiger partial charge on any atom is -0.457 e. The van der Waals surface area contributed by atoms with E-state index in [1.165, 1.54) is 0 Å². The molecule has 0 spiro atoms. The van der Waals surface area contributed by atoms with Crippen molar-refractivity contribution in [1.82, 2.24) is 10.2 Å². The minimum absolute atomic E-state index is 0.00526. The van der Waals surface area contributed by atoms with Gasteiger partial charge < -0.3 is 35.1 Å². The lowest BCUT2D eigenvalue weighted by Gasteiger charge is -2.43. The molecular formula is C43H47N3O6. The lowest BCUT2D eigenvalue weighted by atomic mass is 9.89. The molecule has 0 aliphatic carbocycles. The van der Waals surface area contributed by atoms with E-state index in [9.17, 15) is 15.0 Å². The minimum atomic E-state index is -0.651. The number of benzene rings is 5. The summed E-state index contributed by atoms with van der Waals surface area (Å²) in [6.07, 6.45) is -1.75. The van der Waals surface area contributed by atoms with Crippen LogP contribution < -0.4 is 15.4 Å². The van der Waals surface area contributed by atoms with Crippen molar-refractivity contribution in [2.75, 3.05) is 18.9 Å². The zero-order valence-corrected chi connectivity index (χ0v) is 29.8. The highest BCUT2D eigenvalue weighted by Gasteiger charge is 2.39. The van der Waals surface area contributed by atoms with E-state index < -0.39 is 12.4 Å². The smallest absolute Gasteiger partial charge is 0.319 e. The number of hydrogen-bond acceptors (Lipinski definition) is 7. The molecule has 9 heteroatoms. The largest absolute Gasteiger partial charge is 0.457 e. The molecule has 6 rings (SSSR count). The van der Waals surface area contributed by atoms with Crippen molar-refractivity contribution in [3.05, 3.63) is 161 Å². The standard InChI is InChI=1S/C43H47N3O6/c1-29-39(27-46(3)30(2)40(48)33-10-6-4-7-11-33)51-42(52-41(29)34-18-16-32(28-47)17-19-34)35-20-14-31(15-21-35)26-44-43(49)45-36-22-24-38(25-23-36)50-37-12-8-5-9-13-37/h4-25,29-30,39-42,47-48H,26-28H2,1-3H3,(H2,44,45,49)/t29-,30-,39+,40-,41+,42+/m0/s1. The Kier molecular flexibility index (Phi) is 12.3. The predicted octanol–water partition coefficient (Wildman–Crippen LogP) is 8.14. The van der Waals surface area contributed by atoms with Crippen molar-refractivity contribution >= 4 is 11.7 Å². The van der Waals surface area contributed by atoms with Crippen molar-refractivity contribution in [3.8, 4) is 11.5 Å². The van der Waals surface area contributed by atoms with E-state index in [0.29, 0.717) is 24.5 Å². The summed E-state index contributed by atoms with van der Waals surface area (Å²) in [5.74, 6) is 1.42. The summed E-state index contributed by atoms with van der Waals surface area (Å²) < 4.78 is 19.1. The Hall–Kier alpha value is -5.03. The maximum atomic E-state index is 12.7. The number of likely N-dealkylation sites (N-methyl/N-ethyl adjacent to an activating group) is 1. The Bertz CT molecular complexity index is 1840. The normalized spacial score (nSPS) is 19.8. The van der Waals surface area contributed by atoms with Gasteiger partial charge >= 0.3 is 6.03 Å². The molecule has 1 fully saturated rings. The van der Waals surface area contributed by atoms with Gasteiger partial charge in [-0.25, -0.2) is 4.79 Å². The lowest BCUT2D eigenvalue weighted by molar-refractivity contribution is -0.276. The molecule has 9 nitrogen and oxygen atoms in total. The topological polar surface area (TPSA) is 113 Å². The summed E-state index contributed by atoms with van der Waals surface area (Å²) >= 11 is 0. The number of ether oxygens (including phenoxy) is 3. The summed E-state index contributed by atoms with van der Waals surface area (Å²) in [5, 5.41) is 26.5. The van der Waals surface area contributed by atoms with Gasteiger partial charge in [0.05, 0.1) is 24.9 Å². The van der Waals surface area contributed by atoms with Crippen LogP contribution in [0.25, 0.3) is 0 Å². The number of carbonyl (C=O) groups is 1. The fourth-order valence-corrected chi connectivity index (χ4v) is 6.33. The fraction of sp³-hybridized carbons (Fsp3) is 0.279. The second-order valence-corrected chi connectivity index (χ2v) is 13.3. The number of nitrogens with one attached hydrogen (secondary N) is 2. The molecule has 1 aliphatic heterocycles. The molecule has 52 heavy (non-hydrogen) atoms. The first-order chi connectivity index (χ1) is 25.3. The van der Waals surface area contributed by atoms with Gasteiger partial charge in [-0.1, -0.05) is 104 Å². The van der Waals surface area contributed by atoms with E-state index in [2.05, 4.69) is 22.5 Å². The number of rotatable bonds is 13. The lowest BCUT2D eigenvalue weighted by Crippen LogP contribution is -2.46. The van der Waals surface area contributed by atoms with E-state index in [0.717, 1.165) is 33.6 Å². The van der Waals surface area contributed by atoms with Gasteiger partial charge in [0.25, 0.3) is 0 Å². The number of hydrogen-bond donors (Lipinski definition) is 4. The number of anilines is 1. The van der Waals surface area contributed by atoms with Crippen LogP contribution in [0.3, 0.4) is 0 Å². The molecule has 6 atom stereocenters. The number of para-hydroxylation sites is 1. The number of aliphatic hydroxyl groups excluding tert-OH is 2. The summed E-state index contributed by atoms with van der Waals surface area (Å²) in [5.41, 5.74) is 5.15. The highest BCUT2D eigenvalue weighted by atomic mass is 16.7. The van der Waals surface area contributed by atoms with E-state index >= 15 is 0 Å². The highest BCUT2D eigenvalue weighted by molar-refractivity contribution is 5.89. The maximum absolute atomic E-state index is 12.7. The van der Waals surface area contributed by atoms with Gasteiger partial charge in [0.1, 0.15) is 11.5 Å². The van der Waals surface area contributed by atoms with Gasteiger partial charge in [-0.3, -0.25) is 4.90 Å². The Morgan fingerprint density at radius 2 is 1.38 bits per heavy atom. The summed E-state index contributed by atoms with van der Waals surface area (Å²) in [4.78, 5) is 14.8. The number of carbonyl (C=O) groups excluding carboxylic acids is 1. The average Bonchev–Trinajstić information content (AvgIpc) is 3.19. The van der Waals surface area contributed by atoms with Crippen molar-refractivity contribution in [2.24, 2.45) is 5.92 Å². The van der Waals surface area contributed by atoms with Gasteiger partial charge in [-0.05, 0) is 72.6 Å². The van der Waals surface area contributed by atoms with Crippen LogP contribution in [0.4, 0.5) is 10.5 Å². The second-order valence-electron chi connectivity index (χ2n) is 13.3. The van der Waals surface area contributed by atoms with Crippen molar-refractivity contribution in [2.45, 2.75) is 57.6 Å². The molecule has 4 N–H and O–H groups in total. The van der Waals surface area contributed by atoms with Crippen LogP contribution in [0, 0.1) is 5.92 Å². The average molecular weight is 702 g/mol. The quantitative estimate of drug-likeness (QED) is 0.0981. The maximum Gasteiger partial charge on any atom is 0.319 e. The molecule has 5 aromatic carbocycles. The Labute approximate surface area is 305 Å². The summed E-state index contributed by atoms with van der Waals surface area (Å²) in [6, 6.07) is 41.7. The van der Waals surface area contributed by atoms with Crippen LogP contribution >= 0.6 is 0 Å². The number of urea groups is 1. The predicted molar refractivity (Wildman–Crippen MR) is 202 cm³/mol. The molecule has 1 aliphatic rings. The van der Waals surface area contributed by atoms with E-state index in [1.54, 1.807) is 12.1 Å². The molecule has 0 saturated carbocycles. The first-order valence-corrected chi connectivity index (χ1v) is 17.7. The molecule has 5 aromatic rings. The molecule has 0 bridgehead atoms. The highest BCUT2D eigenvalue weighted by Crippen LogP contribution is 2.42. The molecule has 2 amide bonds. The number of aliphatic hydroxyl groups is 2. The SMILES string of the molecule is C[C@H]1[C@@H](CN(C)[C@@H](C)[C@H](O)c2ccccc2)O[C@@H](c2ccc(CNC(=O)Nc3ccc(Oc4ccccc4)cc3)cc2)O[C@H]1c1ccc(CO)cc1. The van der Waals surface area contributed by atoms with E-state index in [1.807, 2.05) is 135 Å². The molecule has 1 saturated heterocycles. The number of nitrogens with zero attached hydrogens (tertiary/aromatic N) is 1. The van der Waals surface area contributed by atoms with Crippen LogP contribution in [-0.2, 0) is 22.6 Å². The monoisotopic (exact) mass is 701 g/mol. The third-order valence-electron chi connectivity index (χ3n) is 9.68. The molecule has 0 radical (unpaired) electrons. The molecular weight excluding hydrogens is 654 g/mol. The zero-order chi connectivity index (χ0) is 36.5. The van der Waals surface area contributed by atoms with Crippen LogP contribution in [0.5, 0.6) is 11.5 Å². The third-order valence-corrected chi connectivity index (χ3v) is 9.68. The zero-order valence-electron chi connectivity index (χ0n) is 29.8. The van der Waals surface area contributed by atoms with Crippen LogP contribution in [-0.4, -0.2) is 46.9 Å². The van der Waals surface area contributed by atoms with Crippen molar-refractivity contribution in [1.29, 1.82) is 0 Å². The fourth-order valence-electron chi connectivity index (χ4n) is 6.33.